The third kappa shape index (κ3) is 4.09. The van der Waals surface area contributed by atoms with Crippen LogP contribution in [0.3, 0.4) is 0 Å². The average Bonchev–Trinajstić information content (AvgIpc) is 2.13. The second kappa shape index (κ2) is 5.99. The van der Waals surface area contributed by atoms with Crippen LogP contribution in [-0.4, -0.2) is 43.5 Å². The van der Waals surface area contributed by atoms with Crippen LogP contribution < -0.4 is 5.32 Å². The molecule has 6 nitrogen and oxygen atoms in total. The molecule has 6 heteroatoms. The Hall–Kier alpha value is -1.59. The number of nitrogens with zero attached hydrogens (tertiary/aromatic N) is 1. The Kier molecular flexibility index (Phi) is 5.25. The first-order valence-electron chi connectivity index (χ1n) is 3.75. The second-order valence-corrected chi connectivity index (χ2v) is 2.11. The van der Waals surface area contributed by atoms with E-state index < -0.39 is 12.1 Å². The summed E-state index contributed by atoms with van der Waals surface area (Å²) in [5.41, 5.74) is 0. The van der Waals surface area contributed by atoms with Crippen LogP contribution in [0.15, 0.2) is 0 Å². The van der Waals surface area contributed by atoms with E-state index in [1.165, 1.54) is 7.05 Å². The lowest BCUT2D eigenvalue weighted by molar-refractivity contribution is -0.107. The summed E-state index contributed by atoms with van der Waals surface area (Å²) in [7, 11) is 1.26. The van der Waals surface area contributed by atoms with Gasteiger partial charge in [-0.05, 0) is 6.92 Å². The van der Waals surface area contributed by atoms with Crippen molar-refractivity contribution < 1.29 is 19.1 Å². The van der Waals surface area contributed by atoms with E-state index in [1.807, 2.05) is 0 Å². The maximum atomic E-state index is 11.0. The molecule has 0 aromatic carbocycles. The lowest BCUT2D eigenvalue weighted by Crippen LogP contribution is -2.41. The minimum absolute atomic E-state index is 0.122. The lowest BCUT2D eigenvalue weighted by atomic mass is 10.7. The molecule has 0 radical (unpaired) electrons. The monoisotopic (exact) mass is 188 g/mol. The van der Waals surface area contributed by atoms with E-state index in [0.29, 0.717) is 6.29 Å². The molecule has 1 N–H and O–H groups in total. The Morgan fingerprint density at radius 2 is 2.15 bits per heavy atom. The number of rotatable bonds is 3. The fraction of sp³-hybridized carbons (Fsp3) is 0.571. The van der Waals surface area contributed by atoms with Gasteiger partial charge in [0, 0.05) is 7.05 Å². The Morgan fingerprint density at radius 3 is 2.62 bits per heavy atom. The molecule has 0 unspecified atom stereocenters. The van der Waals surface area contributed by atoms with Gasteiger partial charge in [0.05, 0.1) is 13.2 Å². The van der Waals surface area contributed by atoms with E-state index in [0.717, 1.165) is 4.90 Å². The third-order valence-electron chi connectivity index (χ3n) is 1.18. The number of carbonyl (C=O) groups excluding carboxylic acids is 3. The van der Waals surface area contributed by atoms with Crippen LogP contribution in [0.5, 0.6) is 0 Å². The zero-order chi connectivity index (χ0) is 10.3. The highest BCUT2D eigenvalue weighted by atomic mass is 16.6. The van der Waals surface area contributed by atoms with E-state index in [2.05, 4.69) is 10.1 Å². The van der Waals surface area contributed by atoms with Gasteiger partial charge in [0.1, 0.15) is 6.29 Å². The molecule has 0 saturated heterocycles. The molecule has 0 aliphatic heterocycles. The third-order valence-corrected chi connectivity index (χ3v) is 1.18. The fourth-order valence-electron chi connectivity index (χ4n) is 0.551. The quantitative estimate of drug-likeness (QED) is 0.631. The number of amides is 3. The SMILES string of the molecule is CCOC(=O)N(C)C(=O)NCC=O. The first kappa shape index (κ1) is 11.4. The van der Waals surface area contributed by atoms with E-state index in [-0.39, 0.29) is 13.2 Å². The molecule has 74 valence electrons. The summed E-state index contributed by atoms with van der Waals surface area (Å²) in [6.07, 6.45) is -0.220. The van der Waals surface area contributed by atoms with Crippen molar-refractivity contribution in [1.29, 1.82) is 0 Å². The molecule has 0 bridgehead atoms. The van der Waals surface area contributed by atoms with Crippen LogP contribution in [0.25, 0.3) is 0 Å². The van der Waals surface area contributed by atoms with Gasteiger partial charge in [0.15, 0.2) is 0 Å². The van der Waals surface area contributed by atoms with Gasteiger partial charge in [0.2, 0.25) is 0 Å². The summed E-state index contributed by atoms with van der Waals surface area (Å²) < 4.78 is 4.54. The normalized spacial score (nSPS) is 8.77. The van der Waals surface area contributed by atoms with Crippen LogP contribution in [0.4, 0.5) is 9.59 Å². The lowest BCUT2D eigenvalue weighted by Gasteiger charge is -2.14. The minimum Gasteiger partial charge on any atom is -0.449 e. The first-order valence-corrected chi connectivity index (χ1v) is 3.75. The molecule has 0 aliphatic carbocycles. The predicted octanol–water partition coefficient (Wildman–Crippen LogP) is -0.0168. The molecule has 0 aromatic rings. The number of nitrogens with one attached hydrogen (secondary N) is 1. The van der Waals surface area contributed by atoms with Gasteiger partial charge < -0.3 is 14.8 Å². The molecule has 0 aromatic heterocycles. The number of aldehydes is 1. The topological polar surface area (TPSA) is 75.7 Å². The highest BCUT2D eigenvalue weighted by Crippen LogP contribution is 1.90. The molecule has 0 fully saturated rings. The number of carbonyl (C=O) groups is 3. The van der Waals surface area contributed by atoms with Crippen molar-refractivity contribution in [3.05, 3.63) is 0 Å². The number of hydrogen-bond donors (Lipinski definition) is 1. The largest absolute Gasteiger partial charge is 0.449 e. The number of ether oxygens (including phenoxy) is 1. The summed E-state index contributed by atoms with van der Waals surface area (Å²) in [5, 5.41) is 2.19. The van der Waals surface area contributed by atoms with Gasteiger partial charge in [-0.1, -0.05) is 0 Å². The number of imide groups is 1. The zero-order valence-corrected chi connectivity index (χ0v) is 7.57. The van der Waals surface area contributed by atoms with Gasteiger partial charge in [0.25, 0.3) is 0 Å². The van der Waals surface area contributed by atoms with E-state index >= 15 is 0 Å². The van der Waals surface area contributed by atoms with Crippen molar-refractivity contribution in [3.63, 3.8) is 0 Å². The summed E-state index contributed by atoms with van der Waals surface area (Å²) in [5.74, 6) is 0. The molecular weight excluding hydrogens is 176 g/mol. The standard InChI is InChI=1S/C7H12N2O4/c1-3-13-7(12)9(2)6(11)8-4-5-10/h5H,3-4H2,1-2H3,(H,8,11). The van der Waals surface area contributed by atoms with Gasteiger partial charge in [-0.25, -0.2) is 14.5 Å². The van der Waals surface area contributed by atoms with Crippen LogP contribution >= 0.6 is 0 Å². The molecule has 0 heterocycles. The van der Waals surface area contributed by atoms with Crippen molar-refractivity contribution >= 4 is 18.4 Å². The van der Waals surface area contributed by atoms with Crippen molar-refractivity contribution in [2.75, 3.05) is 20.2 Å². The van der Waals surface area contributed by atoms with Gasteiger partial charge in [-0.3, -0.25) is 0 Å². The number of urea groups is 1. The van der Waals surface area contributed by atoms with Gasteiger partial charge in [-0.15, -0.1) is 0 Å². The second-order valence-electron chi connectivity index (χ2n) is 2.11. The smallest absolute Gasteiger partial charge is 0.417 e. The Balaban J connectivity index is 3.93. The summed E-state index contributed by atoms with van der Waals surface area (Å²) in [6, 6.07) is -0.662. The van der Waals surface area contributed by atoms with Crippen molar-refractivity contribution in [2.45, 2.75) is 6.92 Å². The molecular formula is C7H12N2O4. The molecule has 0 saturated carbocycles. The molecule has 0 spiro atoms. The van der Waals surface area contributed by atoms with E-state index in [4.69, 9.17) is 0 Å². The average molecular weight is 188 g/mol. The summed E-state index contributed by atoms with van der Waals surface area (Å²) in [6.45, 7) is 1.71. The van der Waals surface area contributed by atoms with Crippen LogP contribution in [-0.2, 0) is 9.53 Å². The van der Waals surface area contributed by atoms with Crippen molar-refractivity contribution in [1.82, 2.24) is 10.2 Å². The zero-order valence-electron chi connectivity index (χ0n) is 7.57. The number of hydrogen-bond acceptors (Lipinski definition) is 4. The van der Waals surface area contributed by atoms with E-state index in [9.17, 15) is 14.4 Å². The first-order chi connectivity index (χ1) is 6.13. The van der Waals surface area contributed by atoms with Crippen LogP contribution in [0, 0.1) is 0 Å². The van der Waals surface area contributed by atoms with Crippen molar-refractivity contribution in [3.8, 4) is 0 Å². The maximum absolute atomic E-state index is 11.0. The Bertz CT molecular complexity index is 205. The highest BCUT2D eigenvalue weighted by molar-refractivity contribution is 5.91. The van der Waals surface area contributed by atoms with Crippen LogP contribution in [0.1, 0.15) is 6.92 Å². The van der Waals surface area contributed by atoms with Gasteiger partial charge in [-0.2, -0.15) is 0 Å². The fourth-order valence-corrected chi connectivity index (χ4v) is 0.551. The molecule has 0 aliphatic rings. The highest BCUT2D eigenvalue weighted by Gasteiger charge is 2.16. The Morgan fingerprint density at radius 1 is 1.54 bits per heavy atom. The van der Waals surface area contributed by atoms with Gasteiger partial charge >= 0.3 is 12.1 Å². The summed E-state index contributed by atoms with van der Waals surface area (Å²) >= 11 is 0. The molecule has 13 heavy (non-hydrogen) atoms. The van der Waals surface area contributed by atoms with Crippen molar-refractivity contribution in [2.24, 2.45) is 0 Å². The molecule has 0 atom stereocenters. The molecule has 0 rings (SSSR count). The molecule has 3 amide bonds. The summed E-state index contributed by atoms with van der Waals surface area (Å²) in [4.78, 5) is 32.5. The van der Waals surface area contributed by atoms with E-state index in [1.54, 1.807) is 6.92 Å². The van der Waals surface area contributed by atoms with Crippen LogP contribution in [0.2, 0.25) is 0 Å². The Labute approximate surface area is 75.8 Å². The maximum Gasteiger partial charge on any atom is 0.417 e. The predicted molar refractivity (Wildman–Crippen MR) is 44.2 cm³/mol. The minimum atomic E-state index is -0.745.